The lowest BCUT2D eigenvalue weighted by molar-refractivity contribution is 0.309. The van der Waals surface area contributed by atoms with Gasteiger partial charge in [-0.25, -0.2) is 4.98 Å². The number of para-hydroxylation sites is 1. The minimum Gasteiger partial charge on any atom is -0.492 e. The van der Waals surface area contributed by atoms with E-state index in [9.17, 15) is 0 Å². The minimum atomic E-state index is 0.580. The summed E-state index contributed by atoms with van der Waals surface area (Å²) in [6.45, 7) is 2.53. The van der Waals surface area contributed by atoms with Gasteiger partial charge in [-0.3, -0.25) is 5.43 Å². The highest BCUT2D eigenvalue weighted by atomic mass is 127. The molecule has 0 saturated carbocycles. The van der Waals surface area contributed by atoms with Crippen LogP contribution in [0.3, 0.4) is 0 Å². The highest BCUT2D eigenvalue weighted by Crippen LogP contribution is 2.33. The fraction of sp³-hybridized carbons (Fsp3) is 0.176. The molecule has 0 fully saturated rings. The topological polar surface area (TPSA) is 55.7 Å². The number of ether oxygens (including phenoxy) is 2. The molecule has 0 aliphatic rings. The number of rotatable bonds is 6. The quantitative estimate of drug-likeness (QED) is 0.333. The standard InChI is InChI=1S/C17H16IN3O2S/c1-3-23-14-9-11(8-12(18)16(14)22-2)10-19-21-17-20-13-6-4-5-7-15(13)24-17/h4-10H,3H2,1-2H3,(H,20,21)/b19-10+. The number of anilines is 1. The predicted molar refractivity (Wildman–Crippen MR) is 108 cm³/mol. The zero-order valence-corrected chi connectivity index (χ0v) is 16.2. The Hall–Kier alpha value is -1.87. The Morgan fingerprint density at radius 2 is 2.17 bits per heavy atom. The van der Waals surface area contributed by atoms with E-state index in [2.05, 4.69) is 38.1 Å². The lowest BCUT2D eigenvalue weighted by atomic mass is 10.2. The van der Waals surface area contributed by atoms with Crippen molar-refractivity contribution in [2.75, 3.05) is 19.1 Å². The summed E-state index contributed by atoms with van der Waals surface area (Å²) in [7, 11) is 1.64. The molecule has 7 heteroatoms. The molecule has 0 spiro atoms. The second kappa shape index (κ2) is 7.80. The van der Waals surface area contributed by atoms with Crippen LogP contribution in [0.25, 0.3) is 10.2 Å². The van der Waals surface area contributed by atoms with Crippen molar-refractivity contribution >= 4 is 55.5 Å². The molecule has 0 radical (unpaired) electrons. The maximum absolute atomic E-state index is 5.63. The van der Waals surface area contributed by atoms with Crippen molar-refractivity contribution in [2.45, 2.75) is 6.92 Å². The molecule has 0 saturated heterocycles. The number of methoxy groups -OCH3 is 1. The van der Waals surface area contributed by atoms with Gasteiger partial charge in [0, 0.05) is 0 Å². The summed E-state index contributed by atoms with van der Waals surface area (Å²) in [5, 5.41) is 5.04. The average Bonchev–Trinajstić information content (AvgIpc) is 2.98. The largest absolute Gasteiger partial charge is 0.492 e. The van der Waals surface area contributed by atoms with Gasteiger partial charge in [-0.05, 0) is 59.3 Å². The van der Waals surface area contributed by atoms with Crippen molar-refractivity contribution in [3.05, 3.63) is 45.5 Å². The molecule has 5 nitrogen and oxygen atoms in total. The Morgan fingerprint density at radius 1 is 1.33 bits per heavy atom. The van der Waals surface area contributed by atoms with Gasteiger partial charge in [-0.1, -0.05) is 23.5 Å². The number of hydrogen-bond donors (Lipinski definition) is 1. The predicted octanol–water partition coefficient (Wildman–Crippen LogP) is 4.75. The SMILES string of the molecule is CCOc1cc(/C=N/Nc2nc3ccccc3s2)cc(I)c1OC. The van der Waals surface area contributed by atoms with Crippen LogP contribution < -0.4 is 14.9 Å². The molecule has 2 aromatic carbocycles. The van der Waals surface area contributed by atoms with Crippen LogP contribution in [0.5, 0.6) is 11.5 Å². The molecule has 0 aliphatic carbocycles. The molecule has 0 bridgehead atoms. The normalized spacial score (nSPS) is 11.1. The van der Waals surface area contributed by atoms with Gasteiger partial charge in [0.2, 0.25) is 5.13 Å². The van der Waals surface area contributed by atoms with Crippen molar-refractivity contribution in [3.63, 3.8) is 0 Å². The average molecular weight is 453 g/mol. The van der Waals surface area contributed by atoms with E-state index < -0.39 is 0 Å². The number of benzene rings is 2. The smallest absolute Gasteiger partial charge is 0.204 e. The molecule has 0 aliphatic heterocycles. The van der Waals surface area contributed by atoms with Gasteiger partial charge in [0.1, 0.15) is 0 Å². The zero-order valence-electron chi connectivity index (χ0n) is 13.2. The van der Waals surface area contributed by atoms with Gasteiger partial charge in [0.15, 0.2) is 11.5 Å². The Bertz CT molecular complexity index is 846. The summed E-state index contributed by atoms with van der Waals surface area (Å²) < 4.78 is 13.1. The van der Waals surface area contributed by atoms with Crippen molar-refractivity contribution in [2.24, 2.45) is 5.10 Å². The highest BCUT2D eigenvalue weighted by Gasteiger charge is 2.10. The van der Waals surface area contributed by atoms with E-state index in [4.69, 9.17) is 9.47 Å². The molecule has 124 valence electrons. The molecule has 3 rings (SSSR count). The molecule has 1 N–H and O–H groups in total. The second-order valence-corrected chi connectivity index (χ2v) is 7.02. The number of thiazole rings is 1. The lowest BCUT2D eigenvalue weighted by Gasteiger charge is -2.11. The first-order valence-corrected chi connectivity index (χ1v) is 9.25. The first-order valence-electron chi connectivity index (χ1n) is 7.36. The van der Waals surface area contributed by atoms with Gasteiger partial charge >= 0.3 is 0 Å². The number of fused-ring (bicyclic) bond motifs is 1. The molecule has 24 heavy (non-hydrogen) atoms. The third-order valence-electron chi connectivity index (χ3n) is 3.20. The van der Waals surface area contributed by atoms with Gasteiger partial charge in [0.25, 0.3) is 0 Å². The van der Waals surface area contributed by atoms with E-state index in [1.165, 1.54) is 0 Å². The number of hydrazone groups is 1. The Balaban J connectivity index is 1.78. The lowest BCUT2D eigenvalue weighted by Crippen LogP contribution is -1.99. The van der Waals surface area contributed by atoms with E-state index in [0.717, 1.165) is 30.2 Å². The summed E-state index contributed by atoms with van der Waals surface area (Å²) in [6, 6.07) is 11.9. The van der Waals surface area contributed by atoms with Crippen molar-refractivity contribution in [3.8, 4) is 11.5 Å². The third-order valence-corrected chi connectivity index (χ3v) is 4.95. The van der Waals surface area contributed by atoms with Gasteiger partial charge in [-0.15, -0.1) is 0 Å². The van der Waals surface area contributed by atoms with Crippen LogP contribution in [-0.2, 0) is 0 Å². The Morgan fingerprint density at radius 3 is 2.92 bits per heavy atom. The summed E-state index contributed by atoms with van der Waals surface area (Å²) in [5.74, 6) is 1.46. The van der Waals surface area contributed by atoms with Crippen LogP contribution in [0.2, 0.25) is 0 Å². The molecule has 3 aromatic rings. The summed E-state index contributed by atoms with van der Waals surface area (Å²) >= 11 is 3.80. The van der Waals surface area contributed by atoms with Crippen LogP contribution >= 0.6 is 33.9 Å². The molecule has 0 unspecified atom stereocenters. The van der Waals surface area contributed by atoms with E-state index >= 15 is 0 Å². The van der Waals surface area contributed by atoms with Crippen LogP contribution in [0.15, 0.2) is 41.5 Å². The molecule has 1 aromatic heterocycles. The maximum Gasteiger partial charge on any atom is 0.204 e. The maximum atomic E-state index is 5.63. The van der Waals surface area contributed by atoms with Crippen LogP contribution in [-0.4, -0.2) is 24.9 Å². The minimum absolute atomic E-state index is 0.580. The summed E-state index contributed by atoms with van der Waals surface area (Å²) in [6.07, 6.45) is 1.75. The molecular weight excluding hydrogens is 437 g/mol. The summed E-state index contributed by atoms with van der Waals surface area (Å²) in [4.78, 5) is 4.48. The van der Waals surface area contributed by atoms with E-state index in [-0.39, 0.29) is 0 Å². The number of halogens is 1. The zero-order chi connectivity index (χ0) is 16.9. The first kappa shape index (κ1) is 17.0. The first-order chi connectivity index (χ1) is 11.7. The van der Waals surface area contributed by atoms with Crippen molar-refractivity contribution in [1.29, 1.82) is 0 Å². The van der Waals surface area contributed by atoms with E-state index in [1.807, 2.05) is 43.3 Å². The number of hydrogen-bond acceptors (Lipinski definition) is 6. The van der Waals surface area contributed by atoms with Crippen LogP contribution in [0.4, 0.5) is 5.13 Å². The Labute approximate surface area is 157 Å². The number of nitrogens with zero attached hydrogens (tertiary/aromatic N) is 2. The highest BCUT2D eigenvalue weighted by molar-refractivity contribution is 14.1. The molecular formula is C17H16IN3O2S. The van der Waals surface area contributed by atoms with Gasteiger partial charge < -0.3 is 9.47 Å². The fourth-order valence-electron chi connectivity index (χ4n) is 2.21. The summed E-state index contributed by atoms with van der Waals surface area (Å²) in [5.41, 5.74) is 4.88. The molecule has 0 atom stereocenters. The molecule has 0 amide bonds. The second-order valence-electron chi connectivity index (χ2n) is 4.82. The number of aromatic nitrogens is 1. The van der Waals surface area contributed by atoms with Crippen LogP contribution in [0, 0.1) is 3.57 Å². The van der Waals surface area contributed by atoms with Crippen molar-refractivity contribution < 1.29 is 9.47 Å². The van der Waals surface area contributed by atoms with E-state index in [0.29, 0.717) is 12.4 Å². The third kappa shape index (κ3) is 3.78. The monoisotopic (exact) mass is 453 g/mol. The number of nitrogens with one attached hydrogen (secondary N) is 1. The molecule has 1 heterocycles. The Kier molecular flexibility index (Phi) is 5.52. The van der Waals surface area contributed by atoms with Crippen molar-refractivity contribution in [1.82, 2.24) is 4.98 Å². The van der Waals surface area contributed by atoms with Gasteiger partial charge in [0.05, 0.1) is 33.7 Å². The fourth-order valence-corrected chi connectivity index (χ4v) is 3.87. The van der Waals surface area contributed by atoms with Crippen LogP contribution in [0.1, 0.15) is 12.5 Å². The van der Waals surface area contributed by atoms with Gasteiger partial charge in [-0.2, -0.15) is 5.10 Å². The van der Waals surface area contributed by atoms with E-state index in [1.54, 1.807) is 24.7 Å².